The van der Waals surface area contributed by atoms with Crippen LogP contribution in [0.4, 0.5) is 0 Å². The van der Waals surface area contributed by atoms with E-state index in [-0.39, 0.29) is 17.4 Å². The Labute approximate surface area is 111 Å². The van der Waals surface area contributed by atoms with E-state index in [1.54, 1.807) is 0 Å². The molecule has 0 radical (unpaired) electrons. The molecule has 0 aliphatic carbocycles. The van der Waals surface area contributed by atoms with Crippen LogP contribution in [0.1, 0.15) is 39.7 Å². The molecule has 1 aromatic carbocycles. The molecule has 0 amide bonds. The molecular weight excluding hydrogens is 222 g/mol. The summed E-state index contributed by atoms with van der Waals surface area (Å²) in [7, 11) is 0. The predicted octanol–water partition coefficient (Wildman–Crippen LogP) is 2.96. The lowest BCUT2D eigenvalue weighted by atomic mass is 9.83. The summed E-state index contributed by atoms with van der Waals surface area (Å²) < 4.78 is 0. The first kappa shape index (κ1) is 15.2. The Morgan fingerprint density at radius 1 is 1.06 bits per heavy atom. The molecule has 102 valence electrons. The Kier molecular flexibility index (Phi) is 5.36. The van der Waals surface area contributed by atoms with Gasteiger partial charge in [-0.15, -0.1) is 0 Å². The molecule has 0 saturated carbocycles. The van der Waals surface area contributed by atoms with Crippen LogP contribution in [0.25, 0.3) is 0 Å². The van der Waals surface area contributed by atoms with E-state index in [2.05, 4.69) is 57.3 Å². The third-order valence-corrected chi connectivity index (χ3v) is 3.91. The Morgan fingerprint density at radius 2 is 1.67 bits per heavy atom. The Bertz CT molecular complexity index is 341. The van der Waals surface area contributed by atoms with Gasteiger partial charge in [-0.1, -0.05) is 58.0 Å². The number of aliphatic hydroxyl groups is 1. The first-order valence-electron chi connectivity index (χ1n) is 6.81. The zero-order valence-corrected chi connectivity index (χ0v) is 12.2. The smallest absolute Gasteiger partial charge is 0.0496 e. The Balaban J connectivity index is 2.53. The van der Waals surface area contributed by atoms with Crippen molar-refractivity contribution in [2.75, 3.05) is 19.7 Å². The van der Waals surface area contributed by atoms with E-state index in [1.165, 1.54) is 5.56 Å². The number of nitrogens with one attached hydrogen (secondary N) is 1. The van der Waals surface area contributed by atoms with Crippen LogP contribution in [0.5, 0.6) is 0 Å². The van der Waals surface area contributed by atoms with Gasteiger partial charge in [-0.2, -0.15) is 0 Å². The standard InChI is InChI=1S/C16H27NO/c1-5-16(4,13-18)12-17-11-15(2,3)14-9-7-6-8-10-14/h6-10,17-18H,5,11-13H2,1-4H3. The van der Waals surface area contributed by atoms with Gasteiger partial charge in [0, 0.05) is 30.5 Å². The second-order valence-corrected chi connectivity index (χ2v) is 6.18. The minimum absolute atomic E-state index is 0.00717. The third-order valence-electron chi connectivity index (χ3n) is 3.91. The van der Waals surface area contributed by atoms with Crippen LogP contribution in [-0.2, 0) is 5.41 Å². The Morgan fingerprint density at radius 3 is 2.17 bits per heavy atom. The molecule has 1 atom stereocenters. The molecular formula is C16H27NO. The lowest BCUT2D eigenvalue weighted by Gasteiger charge is -2.30. The van der Waals surface area contributed by atoms with E-state index in [4.69, 9.17) is 0 Å². The second-order valence-electron chi connectivity index (χ2n) is 6.18. The van der Waals surface area contributed by atoms with Gasteiger partial charge in [-0.25, -0.2) is 0 Å². The van der Waals surface area contributed by atoms with Crippen molar-refractivity contribution in [1.29, 1.82) is 0 Å². The topological polar surface area (TPSA) is 32.3 Å². The maximum atomic E-state index is 9.39. The van der Waals surface area contributed by atoms with Crippen molar-refractivity contribution < 1.29 is 5.11 Å². The average Bonchev–Trinajstić information content (AvgIpc) is 2.39. The maximum Gasteiger partial charge on any atom is 0.0496 e. The fraction of sp³-hybridized carbons (Fsp3) is 0.625. The van der Waals surface area contributed by atoms with Crippen LogP contribution < -0.4 is 5.32 Å². The number of aliphatic hydroxyl groups excluding tert-OH is 1. The van der Waals surface area contributed by atoms with E-state index >= 15 is 0 Å². The molecule has 2 N–H and O–H groups in total. The maximum absolute atomic E-state index is 9.39. The summed E-state index contributed by atoms with van der Waals surface area (Å²) in [4.78, 5) is 0. The van der Waals surface area contributed by atoms with E-state index in [0.29, 0.717) is 0 Å². The van der Waals surface area contributed by atoms with Crippen molar-refractivity contribution in [3.8, 4) is 0 Å². The van der Waals surface area contributed by atoms with Gasteiger partial charge in [0.1, 0.15) is 0 Å². The third kappa shape index (κ3) is 4.11. The highest BCUT2D eigenvalue weighted by Gasteiger charge is 2.24. The number of rotatable bonds is 7. The molecule has 18 heavy (non-hydrogen) atoms. The lowest BCUT2D eigenvalue weighted by molar-refractivity contribution is 0.134. The lowest BCUT2D eigenvalue weighted by Crippen LogP contribution is -2.40. The van der Waals surface area contributed by atoms with Crippen molar-refractivity contribution in [2.24, 2.45) is 5.41 Å². The van der Waals surface area contributed by atoms with Gasteiger partial charge < -0.3 is 10.4 Å². The molecule has 0 aromatic heterocycles. The van der Waals surface area contributed by atoms with Crippen LogP contribution in [0.2, 0.25) is 0 Å². The van der Waals surface area contributed by atoms with Crippen molar-refractivity contribution in [3.05, 3.63) is 35.9 Å². The largest absolute Gasteiger partial charge is 0.396 e. The van der Waals surface area contributed by atoms with Gasteiger partial charge in [0.25, 0.3) is 0 Å². The first-order chi connectivity index (χ1) is 8.43. The molecule has 2 nitrogen and oxygen atoms in total. The molecule has 0 saturated heterocycles. The number of hydrogen-bond donors (Lipinski definition) is 2. The molecule has 2 heteroatoms. The van der Waals surface area contributed by atoms with Crippen LogP contribution in [-0.4, -0.2) is 24.8 Å². The molecule has 0 fully saturated rings. The Hall–Kier alpha value is -0.860. The summed E-state index contributed by atoms with van der Waals surface area (Å²) in [5.74, 6) is 0. The van der Waals surface area contributed by atoms with Crippen LogP contribution in [0.3, 0.4) is 0 Å². The summed E-state index contributed by atoms with van der Waals surface area (Å²) in [5, 5.41) is 12.9. The van der Waals surface area contributed by atoms with Crippen molar-refractivity contribution in [3.63, 3.8) is 0 Å². The quantitative estimate of drug-likeness (QED) is 0.778. The number of hydrogen-bond acceptors (Lipinski definition) is 2. The van der Waals surface area contributed by atoms with Crippen LogP contribution in [0, 0.1) is 5.41 Å². The van der Waals surface area contributed by atoms with Gasteiger partial charge >= 0.3 is 0 Å². The molecule has 0 bridgehead atoms. The highest BCUT2D eigenvalue weighted by atomic mass is 16.3. The van der Waals surface area contributed by atoms with Gasteiger partial charge in [0.2, 0.25) is 0 Å². The van der Waals surface area contributed by atoms with E-state index in [1.807, 2.05) is 6.07 Å². The first-order valence-corrected chi connectivity index (χ1v) is 6.81. The number of benzene rings is 1. The monoisotopic (exact) mass is 249 g/mol. The van der Waals surface area contributed by atoms with Crippen molar-refractivity contribution in [1.82, 2.24) is 5.32 Å². The summed E-state index contributed by atoms with van der Waals surface area (Å²) in [6.07, 6.45) is 0.988. The summed E-state index contributed by atoms with van der Waals surface area (Å²) in [5.41, 5.74) is 1.46. The van der Waals surface area contributed by atoms with Crippen molar-refractivity contribution >= 4 is 0 Å². The molecule has 1 aromatic rings. The van der Waals surface area contributed by atoms with Gasteiger partial charge in [0.05, 0.1) is 0 Å². The molecule has 0 aliphatic rings. The summed E-state index contributed by atoms with van der Waals surface area (Å²) in [6.45, 7) is 10.8. The highest BCUT2D eigenvalue weighted by Crippen LogP contribution is 2.23. The normalized spacial score (nSPS) is 15.4. The van der Waals surface area contributed by atoms with Crippen LogP contribution in [0.15, 0.2) is 30.3 Å². The van der Waals surface area contributed by atoms with E-state index in [9.17, 15) is 5.11 Å². The van der Waals surface area contributed by atoms with Gasteiger partial charge in [0.15, 0.2) is 0 Å². The molecule has 1 rings (SSSR count). The zero-order chi connectivity index (χ0) is 13.6. The SMILES string of the molecule is CCC(C)(CO)CNCC(C)(C)c1ccccc1. The fourth-order valence-electron chi connectivity index (χ4n) is 1.96. The second kappa shape index (κ2) is 6.35. The minimum Gasteiger partial charge on any atom is -0.396 e. The van der Waals surface area contributed by atoms with Gasteiger partial charge in [-0.3, -0.25) is 0 Å². The highest BCUT2D eigenvalue weighted by molar-refractivity contribution is 5.23. The summed E-state index contributed by atoms with van der Waals surface area (Å²) in [6, 6.07) is 10.6. The van der Waals surface area contributed by atoms with E-state index < -0.39 is 0 Å². The fourth-order valence-corrected chi connectivity index (χ4v) is 1.96. The van der Waals surface area contributed by atoms with E-state index in [0.717, 1.165) is 19.5 Å². The molecule has 0 aliphatic heterocycles. The van der Waals surface area contributed by atoms with Crippen LogP contribution >= 0.6 is 0 Å². The predicted molar refractivity (Wildman–Crippen MR) is 77.8 cm³/mol. The molecule has 0 spiro atoms. The minimum atomic E-state index is -0.00717. The van der Waals surface area contributed by atoms with Gasteiger partial charge in [-0.05, 0) is 12.0 Å². The average molecular weight is 249 g/mol. The zero-order valence-electron chi connectivity index (χ0n) is 12.2. The summed E-state index contributed by atoms with van der Waals surface area (Å²) >= 11 is 0. The van der Waals surface area contributed by atoms with Crippen molar-refractivity contribution in [2.45, 2.75) is 39.5 Å². The molecule has 1 unspecified atom stereocenters. The molecule has 0 heterocycles.